The number of hydrogen-bond acceptors (Lipinski definition) is 5. The Balaban J connectivity index is 3.47. The third-order valence-electron chi connectivity index (χ3n) is 0.557. The van der Waals surface area contributed by atoms with Crippen molar-refractivity contribution in [2.45, 2.75) is 6.92 Å². The minimum absolute atomic E-state index is 1.03. The topological polar surface area (TPSA) is 70.9 Å². The number of hydrogen-bond donors (Lipinski definition) is 2. The summed E-state index contributed by atoms with van der Waals surface area (Å²) in [6.07, 6.45) is 1.54. The molecule has 5 nitrogen and oxygen atoms in total. The SMILES string of the molecule is C/C=N/N(N)N(C)N. The highest BCUT2D eigenvalue weighted by Crippen LogP contribution is 1.74. The number of nitrogens with zero attached hydrogens (tertiary/aromatic N) is 3. The Morgan fingerprint density at radius 1 is 1.50 bits per heavy atom. The fraction of sp³-hybridized carbons (Fsp3) is 0.667. The lowest BCUT2D eigenvalue weighted by atomic mass is 10.9. The molecule has 4 N–H and O–H groups in total. The second-order valence-corrected chi connectivity index (χ2v) is 1.27. The van der Waals surface area contributed by atoms with Crippen LogP contribution in [0.2, 0.25) is 0 Å². The molecule has 5 heteroatoms. The highest BCUT2D eigenvalue weighted by molar-refractivity contribution is 5.52. The van der Waals surface area contributed by atoms with Crippen LogP contribution in [-0.4, -0.2) is 23.6 Å². The summed E-state index contributed by atoms with van der Waals surface area (Å²) in [5, 5.41) is 5.81. The minimum atomic E-state index is 1.03. The molecule has 0 aliphatic rings. The maximum absolute atomic E-state index is 5.16. The molecular formula is C3H11N5. The molecule has 0 aliphatic carbocycles. The summed E-state index contributed by atoms with van der Waals surface area (Å²) in [5.74, 6) is 10.3. The van der Waals surface area contributed by atoms with E-state index in [0.717, 1.165) is 5.23 Å². The first kappa shape index (κ1) is 7.35. The summed E-state index contributed by atoms with van der Waals surface area (Å²) in [7, 11) is 1.59. The molecule has 0 rings (SSSR count). The Kier molecular flexibility index (Phi) is 3.09. The van der Waals surface area contributed by atoms with Crippen LogP contribution >= 0.6 is 0 Å². The van der Waals surface area contributed by atoms with E-state index in [1.165, 1.54) is 5.12 Å². The first-order valence-corrected chi connectivity index (χ1v) is 2.20. The average Bonchev–Trinajstić information content (AvgIpc) is 1.67. The van der Waals surface area contributed by atoms with Gasteiger partial charge in [-0.1, -0.05) is 0 Å². The Morgan fingerprint density at radius 3 is 2.12 bits per heavy atom. The molecule has 0 saturated carbocycles. The number of rotatable bonds is 2. The van der Waals surface area contributed by atoms with Crippen molar-refractivity contribution < 1.29 is 0 Å². The Morgan fingerprint density at radius 2 is 2.00 bits per heavy atom. The van der Waals surface area contributed by atoms with Crippen molar-refractivity contribution in [2.24, 2.45) is 16.8 Å². The van der Waals surface area contributed by atoms with Crippen LogP contribution in [0.15, 0.2) is 5.10 Å². The molecule has 0 aromatic heterocycles. The lowest BCUT2D eigenvalue weighted by molar-refractivity contribution is 0.000372. The smallest absolute Gasteiger partial charge is 0.0255 e. The first-order valence-electron chi connectivity index (χ1n) is 2.20. The summed E-state index contributed by atoms with van der Waals surface area (Å²) in [6.45, 7) is 1.75. The van der Waals surface area contributed by atoms with Gasteiger partial charge >= 0.3 is 0 Å². The van der Waals surface area contributed by atoms with Crippen LogP contribution in [0, 0.1) is 0 Å². The number of hydrazone groups is 1. The molecule has 8 heavy (non-hydrogen) atoms. The van der Waals surface area contributed by atoms with E-state index in [4.69, 9.17) is 11.7 Å². The molecule has 0 amide bonds. The predicted molar refractivity (Wildman–Crippen MR) is 32.1 cm³/mol. The van der Waals surface area contributed by atoms with Crippen molar-refractivity contribution in [3.63, 3.8) is 0 Å². The average molecular weight is 117 g/mol. The van der Waals surface area contributed by atoms with Gasteiger partial charge in [-0.15, -0.1) is 10.3 Å². The Hall–Kier alpha value is -0.650. The van der Waals surface area contributed by atoms with Gasteiger partial charge in [0, 0.05) is 13.3 Å². The van der Waals surface area contributed by atoms with Gasteiger partial charge in [0.1, 0.15) is 0 Å². The lowest BCUT2D eigenvalue weighted by Gasteiger charge is -2.17. The third-order valence-corrected chi connectivity index (χ3v) is 0.557. The summed E-state index contributed by atoms with van der Waals surface area (Å²) in [4.78, 5) is 0. The van der Waals surface area contributed by atoms with E-state index in [2.05, 4.69) is 5.10 Å². The molecule has 0 bridgehead atoms. The maximum Gasteiger partial charge on any atom is 0.0255 e. The van der Waals surface area contributed by atoms with Crippen molar-refractivity contribution in [1.29, 1.82) is 0 Å². The Labute approximate surface area is 48.4 Å². The third kappa shape index (κ3) is 2.51. The van der Waals surface area contributed by atoms with Crippen LogP contribution in [0.3, 0.4) is 0 Å². The standard InChI is InChI=1S/C3H11N5/c1-3-6-8(5)7(2)4/h3H,4-5H2,1-2H3/b6-3+. The quantitative estimate of drug-likeness (QED) is 0.273. The summed E-state index contributed by atoms with van der Waals surface area (Å²) in [6, 6.07) is 0. The van der Waals surface area contributed by atoms with Crippen LogP contribution in [0.25, 0.3) is 0 Å². The van der Waals surface area contributed by atoms with E-state index in [9.17, 15) is 0 Å². The van der Waals surface area contributed by atoms with Gasteiger partial charge in [-0.25, -0.2) is 11.7 Å². The van der Waals surface area contributed by atoms with Crippen LogP contribution in [-0.2, 0) is 0 Å². The van der Waals surface area contributed by atoms with Crippen molar-refractivity contribution in [2.75, 3.05) is 7.05 Å². The van der Waals surface area contributed by atoms with E-state index in [1.54, 1.807) is 20.2 Å². The second kappa shape index (κ2) is 3.36. The predicted octanol–water partition coefficient (Wildman–Crippen LogP) is -1.11. The minimum Gasteiger partial charge on any atom is -0.248 e. The van der Waals surface area contributed by atoms with Crippen molar-refractivity contribution >= 4 is 6.21 Å². The van der Waals surface area contributed by atoms with Gasteiger partial charge in [0.15, 0.2) is 0 Å². The Bertz CT molecular complexity index is 77.7. The monoisotopic (exact) mass is 117 g/mol. The molecule has 0 fully saturated rings. The van der Waals surface area contributed by atoms with Gasteiger partial charge < -0.3 is 0 Å². The molecule has 0 heterocycles. The molecule has 0 saturated heterocycles. The zero-order chi connectivity index (χ0) is 6.57. The molecule has 0 unspecified atom stereocenters. The maximum atomic E-state index is 5.16. The fourth-order valence-electron chi connectivity index (χ4n) is 0.200. The van der Waals surface area contributed by atoms with Crippen LogP contribution in [0.4, 0.5) is 0 Å². The molecule has 0 aromatic rings. The van der Waals surface area contributed by atoms with Gasteiger partial charge in [0.2, 0.25) is 0 Å². The van der Waals surface area contributed by atoms with Gasteiger partial charge in [-0.05, 0) is 6.92 Å². The summed E-state index contributed by atoms with van der Waals surface area (Å²) >= 11 is 0. The van der Waals surface area contributed by atoms with Gasteiger partial charge in [-0.3, -0.25) is 0 Å². The van der Waals surface area contributed by atoms with Gasteiger partial charge in [-0.2, -0.15) is 5.10 Å². The highest BCUT2D eigenvalue weighted by Gasteiger charge is 1.90. The van der Waals surface area contributed by atoms with E-state index < -0.39 is 0 Å². The zero-order valence-corrected chi connectivity index (χ0v) is 5.07. The van der Waals surface area contributed by atoms with E-state index >= 15 is 0 Å². The molecule has 48 valence electrons. The first-order chi connectivity index (χ1) is 3.68. The fourth-order valence-corrected chi connectivity index (χ4v) is 0.200. The lowest BCUT2D eigenvalue weighted by Crippen LogP contribution is -2.45. The van der Waals surface area contributed by atoms with Crippen molar-refractivity contribution in [1.82, 2.24) is 10.3 Å². The molecular weight excluding hydrogens is 106 g/mol. The van der Waals surface area contributed by atoms with Gasteiger partial charge in [0.25, 0.3) is 0 Å². The van der Waals surface area contributed by atoms with E-state index in [1.807, 2.05) is 0 Å². The number of hydrazine groups is 3. The molecule has 0 spiro atoms. The molecule has 0 aromatic carbocycles. The largest absolute Gasteiger partial charge is 0.248 e. The zero-order valence-electron chi connectivity index (χ0n) is 5.07. The van der Waals surface area contributed by atoms with Crippen molar-refractivity contribution in [3.05, 3.63) is 0 Å². The number of nitrogens with two attached hydrogens (primary N) is 2. The molecule has 0 aliphatic heterocycles. The molecule has 0 atom stereocenters. The van der Waals surface area contributed by atoms with Crippen LogP contribution in [0.5, 0.6) is 0 Å². The van der Waals surface area contributed by atoms with Crippen LogP contribution < -0.4 is 11.7 Å². The van der Waals surface area contributed by atoms with Crippen LogP contribution in [0.1, 0.15) is 6.92 Å². The van der Waals surface area contributed by atoms with E-state index in [0.29, 0.717) is 0 Å². The summed E-state index contributed by atoms with van der Waals surface area (Å²) in [5.41, 5.74) is 0. The normalized spacial score (nSPS) is 11.1. The summed E-state index contributed by atoms with van der Waals surface area (Å²) < 4.78 is 0. The van der Waals surface area contributed by atoms with E-state index in [-0.39, 0.29) is 0 Å². The second-order valence-electron chi connectivity index (χ2n) is 1.27. The van der Waals surface area contributed by atoms with Crippen molar-refractivity contribution in [3.8, 4) is 0 Å². The highest BCUT2D eigenvalue weighted by atomic mass is 15.9. The molecule has 0 radical (unpaired) electrons. The van der Waals surface area contributed by atoms with Gasteiger partial charge in [0.05, 0.1) is 0 Å².